The number of likely N-dealkylation sites (tertiary alicyclic amines) is 1. The third-order valence-electron chi connectivity index (χ3n) is 3.91. The van der Waals surface area contributed by atoms with Crippen LogP contribution in [0.3, 0.4) is 0 Å². The van der Waals surface area contributed by atoms with Crippen LogP contribution in [0, 0.1) is 5.82 Å². The van der Waals surface area contributed by atoms with Gasteiger partial charge in [-0.05, 0) is 38.4 Å². The van der Waals surface area contributed by atoms with Crippen LogP contribution >= 0.6 is 11.6 Å². The Labute approximate surface area is 112 Å². The topological polar surface area (TPSA) is 23.5 Å². The van der Waals surface area contributed by atoms with Gasteiger partial charge in [-0.15, -0.1) is 0 Å². The van der Waals surface area contributed by atoms with Gasteiger partial charge in [-0.25, -0.2) is 4.39 Å². The monoisotopic (exact) mass is 271 g/mol. The first-order valence-corrected chi connectivity index (χ1v) is 6.65. The van der Waals surface area contributed by atoms with Gasteiger partial charge in [0.2, 0.25) is 0 Å². The number of benzene rings is 1. The van der Waals surface area contributed by atoms with E-state index in [1.54, 1.807) is 12.1 Å². The molecule has 1 N–H and O–H groups in total. The number of piperidine rings is 1. The highest BCUT2D eigenvalue weighted by Crippen LogP contribution is 2.32. The number of hydrogen-bond acceptors (Lipinski definition) is 2. The second kappa shape index (κ2) is 5.16. The number of aliphatic hydroxyl groups is 1. The van der Waals surface area contributed by atoms with Crippen LogP contribution < -0.4 is 0 Å². The summed E-state index contributed by atoms with van der Waals surface area (Å²) in [5.74, 6) is -0.418. The summed E-state index contributed by atoms with van der Waals surface area (Å²) < 4.78 is 13.4. The zero-order chi connectivity index (χ0) is 13.3. The Morgan fingerprint density at radius 3 is 2.94 bits per heavy atom. The molecule has 2 atom stereocenters. The Morgan fingerprint density at radius 1 is 1.56 bits per heavy atom. The van der Waals surface area contributed by atoms with E-state index >= 15 is 0 Å². The highest BCUT2D eigenvalue weighted by atomic mass is 35.5. The fourth-order valence-corrected chi connectivity index (χ4v) is 2.81. The van der Waals surface area contributed by atoms with Crippen molar-refractivity contribution >= 4 is 11.6 Å². The van der Waals surface area contributed by atoms with Gasteiger partial charge >= 0.3 is 0 Å². The first kappa shape index (κ1) is 13.8. The van der Waals surface area contributed by atoms with E-state index < -0.39 is 11.4 Å². The molecule has 0 bridgehead atoms. The fourth-order valence-electron chi connectivity index (χ4n) is 2.61. The molecule has 0 radical (unpaired) electrons. The van der Waals surface area contributed by atoms with Gasteiger partial charge < -0.3 is 10.0 Å². The molecule has 0 aliphatic carbocycles. The van der Waals surface area contributed by atoms with Crippen molar-refractivity contribution in [2.45, 2.75) is 37.8 Å². The van der Waals surface area contributed by atoms with Crippen LogP contribution in [0.1, 0.15) is 25.3 Å². The lowest BCUT2D eigenvalue weighted by Gasteiger charge is -2.41. The normalized spacial score (nSPS) is 29.5. The standard InChI is InChI=1S/C14H19ClFNO/c1-10-8-14(18,6-7-17(10)2)9-11-4-3-5-12(16)13(11)15/h3-5,10,18H,6-9H2,1-2H3. The molecule has 0 amide bonds. The lowest BCUT2D eigenvalue weighted by atomic mass is 9.82. The van der Waals surface area contributed by atoms with Crippen molar-refractivity contribution in [3.8, 4) is 0 Å². The van der Waals surface area contributed by atoms with E-state index in [2.05, 4.69) is 18.9 Å². The van der Waals surface area contributed by atoms with Gasteiger partial charge in [-0.2, -0.15) is 0 Å². The second-order valence-electron chi connectivity index (χ2n) is 5.40. The summed E-state index contributed by atoms with van der Waals surface area (Å²) in [7, 11) is 2.05. The average Bonchev–Trinajstić information content (AvgIpc) is 2.31. The van der Waals surface area contributed by atoms with Crippen LogP contribution in [-0.2, 0) is 6.42 Å². The molecule has 1 heterocycles. The molecule has 0 spiro atoms. The van der Waals surface area contributed by atoms with E-state index in [0.29, 0.717) is 30.9 Å². The molecular formula is C14H19ClFNO. The summed E-state index contributed by atoms with van der Waals surface area (Å²) in [5, 5.41) is 10.8. The molecule has 1 aromatic rings. The van der Waals surface area contributed by atoms with Gasteiger partial charge in [0, 0.05) is 19.0 Å². The largest absolute Gasteiger partial charge is 0.389 e. The molecule has 0 aromatic heterocycles. The Bertz CT molecular complexity index is 440. The second-order valence-corrected chi connectivity index (χ2v) is 5.78. The van der Waals surface area contributed by atoms with Gasteiger partial charge in [-0.3, -0.25) is 0 Å². The molecule has 18 heavy (non-hydrogen) atoms. The van der Waals surface area contributed by atoms with E-state index in [9.17, 15) is 9.50 Å². The molecule has 2 rings (SSSR count). The van der Waals surface area contributed by atoms with Crippen LogP contribution in [0.4, 0.5) is 4.39 Å². The highest BCUT2D eigenvalue weighted by molar-refractivity contribution is 6.31. The zero-order valence-corrected chi connectivity index (χ0v) is 11.5. The number of hydrogen-bond donors (Lipinski definition) is 1. The minimum Gasteiger partial charge on any atom is -0.389 e. The molecule has 1 aliphatic heterocycles. The average molecular weight is 272 g/mol. The van der Waals surface area contributed by atoms with Gasteiger partial charge in [0.1, 0.15) is 5.82 Å². The molecule has 1 aliphatic rings. The minimum absolute atomic E-state index is 0.137. The molecular weight excluding hydrogens is 253 g/mol. The first-order chi connectivity index (χ1) is 8.41. The molecule has 1 fully saturated rings. The van der Waals surface area contributed by atoms with Crippen molar-refractivity contribution in [1.82, 2.24) is 4.90 Å². The quantitative estimate of drug-likeness (QED) is 0.894. The maximum absolute atomic E-state index is 13.4. The van der Waals surface area contributed by atoms with E-state index in [4.69, 9.17) is 11.6 Å². The minimum atomic E-state index is -0.774. The zero-order valence-electron chi connectivity index (χ0n) is 10.8. The maximum Gasteiger partial charge on any atom is 0.142 e. The summed E-state index contributed by atoms with van der Waals surface area (Å²) in [6.45, 7) is 2.95. The van der Waals surface area contributed by atoms with Crippen LogP contribution in [0.2, 0.25) is 5.02 Å². The van der Waals surface area contributed by atoms with Crippen LogP contribution in [0.5, 0.6) is 0 Å². The van der Waals surface area contributed by atoms with Crippen LogP contribution in [0.15, 0.2) is 18.2 Å². The fraction of sp³-hybridized carbons (Fsp3) is 0.571. The van der Waals surface area contributed by atoms with E-state index in [0.717, 1.165) is 6.54 Å². The van der Waals surface area contributed by atoms with Crippen molar-refractivity contribution in [2.24, 2.45) is 0 Å². The summed E-state index contributed by atoms with van der Waals surface area (Å²) in [6.07, 6.45) is 1.80. The molecule has 2 unspecified atom stereocenters. The molecule has 1 aromatic carbocycles. The molecule has 2 nitrogen and oxygen atoms in total. The Kier molecular flexibility index (Phi) is 3.95. The van der Waals surface area contributed by atoms with Crippen molar-refractivity contribution < 1.29 is 9.50 Å². The first-order valence-electron chi connectivity index (χ1n) is 6.27. The summed E-state index contributed by atoms with van der Waals surface area (Å²) in [6, 6.07) is 5.09. The predicted octanol–water partition coefficient (Wildman–Crippen LogP) is 2.87. The van der Waals surface area contributed by atoms with Crippen molar-refractivity contribution in [2.75, 3.05) is 13.6 Å². The number of rotatable bonds is 2. The lowest BCUT2D eigenvalue weighted by Crippen LogP contribution is -2.48. The highest BCUT2D eigenvalue weighted by Gasteiger charge is 2.35. The van der Waals surface area contributed by atoms with Gasteiger partial charge in [0.05, 0.1) is 10.6 Å². The maximum atomic E-state index is 13.4. The number of halogens is 2. The summed E-state index contributed by atoms with van der Waals surface area (Å²) in [5.41, 5.74) is -0.0838. The van der Waals surface area contributed by atoms with E-state index in [1.165, 1.54) is 6.07 Å². The van der Waals surface area contributed by atoms with Crippen molar-refractivity contribution in [1.29, 1.82) is 0 Å². The SMILES string of the molecule is CC1CC(O)(Cc2cccc(F)c2Cl)CCN1C. The smallest absolute Gasteiger partial charge is 0.142 e. The molecule has 0 saturated carbocycles. The lowest BCUT2D eigenvalue weighted by molar-refractivity contribution is -0.0353. The van der Waals surface area contributed by atoms with Crippen LogP contribution in [-0.4, -0.2) is 35.2 Å². The Balaban J connectivity index is 2.15. The van der Waals surface area contributed by atoms with Gasteiger partial charge in [0.25, 0.3) is 0 Å². The van der Waals surface area contributed by atoms with Gasteiger partial charge in [0.15, 0.2) is 0 Å². The third kappa shape index (κ3) is 2.85. The Hall–Kier alpha value is -0.640. The van der Waals surface area contributed by atoms with Crippen molar-refractivity contribution in [3.05, 3.63) is 34.6 Å². The van der Waals surface area contributed by atoms with Crippen molar-refractivity contribution in [3.63, 3.8) is 0 Å². The molecule has 4 heteroatoms. The predicted molar refractivity (Wildman–Crippen MR) is 71.4 cm³/mol. The third-order valence-corrected chi connectivity index (χ3v) is 4.33. The molecule has 1 saturated heterocycles. The summed E-state index contributed by atoms with van der Waals surface area (Å²) >= 11 is 5.94. The number of nitrogens with zero attached hydrogens (tertiary/aromatic N) is 1. The summed E-state index contributed by atoms with van der Waals surface area (Å²) in [4.78, 5) is 2.22. The molecule has 100 valence electrons. The van der Waals surface area contributed by atoms with E-state index in [-0.39, 0.29) is 5.02 Å². The van der Waals surface area contributed by atoms with Gasteiger partial charge in [-0.1, -0.05) is 23.7 Å². The Morgan fingerprint density at radius 2 is 2.28 bits per heavy atom. The van der Waals surface area contributed by atoms with E-state index in [1.807, 2.05) is 0 Å². The van der Waals surface area contributed by atoms with Crippen LogP contribution in [0.25, 0.3) is 0 Å².